The quantitative estimate of drug-likeness (QED) is 0.154. The highest BCUT2D eigenvalue weighted by molar-refractivity contribution is 5.87. The number of hydrogen-bond acceptors (Lipinski definition) is 8. The standard InChI is InChI=1S/C32H50N2O8/c1-19(10-13-29-32(39)24(18-35)16-26(42-29)17-31(38)33-25-7-6-8-25)9-12-28-20(2)15-27(22(4)41-28)34-30(37)14-11-21(3)40-23(5)36/h9-11,13-14,20-22,24-29,32,35,39H,6-8,12,15-18H2,1-5H3,(H,33,38)(H,34,37)/b13-10+,14-11-,19-9+/t20-,21-,22+,24-,26-,27+,28-,29?,32-/m0/s1. The number of ether oxygens (including phenoxy) is 3. The molecular weight excluding hydrogens is 540 g/mol. The Hall–Kier alpha value is -2.53. The van der Waals surface area contributed by atoms with Crippen molar-refractivity contribution in [1.29, 1.82) is 0 Å². The summed E-state index contributed by atoms with van der Waals surface area (Å²) in [6.07, 6.45) is 11.6. The molecule has 0 bridgehead atoms. The zero-order valence-electron chi connectivity index (χ0n) is 25.7. The van der Waals surface area contributed by atoms with Crippen molar-refractivity contribution in [2.45, 2.75) is 128 Å². The molecular formula is C32H50N2O8. The smallest absolute Gasteiger partial charge is 0.303 e. The molecule has 3 rings (SSSR count). The maximum atomic E-state index is 12.4. The zero-order chi connectivity index (χ0) is 30.8. The number of aliphatic hydroxyl groups excluding tert-OH is 2. The van der Waals surface area contributed by atoms with E-state index in [0.29, 0.717) is 12.8 Å². The molecule has 0 aromatic rings. The molecule has 0 aromatic heterocycles. The van der Waals surface area contributed by atoms with E-state index in [4.69, 9.17) is 14.2 Å². The maximum absolute atomic E-state index is 12.4. The van der Waals surface area contributed by atoms with E-state index >= 15 is 0 Å². The van der Waals surface area contributed by atoms with E-state index < -0.39 is 24.3 Å². The van der Waals surface area contributed by atoms with Gasteiger partial charge in [-0.2, -0.15) is 0 Å². The minimum absolute atomic E-state index is 0.00937. The summed E-state index contributed by atoms with van der Waals surface area (Å²) in [6.45, 7) is 8.89. The molecule has 9 atom stereocenters. The second-order valence-corrected chi connectivity index (χ2v) is 12.2. The van der Waals surface area contributed by atoms with Gasteiger partial charge < -0.3 is 35.1 Å². The zero-order valence-corrected chi connectivity index (χ0v) is 25.7. The van der Waals surface area contributed by atoms with Crippen LogP contribution < -0.4 is 10.6 Å². The van der Waals surface area contributed by atoms with Crippen LogP contribution in [0.4, 0.5) is 0 Å². The van der Waals surface area contributed by atoms with Gasteiger partial charge in [-0.05, 0) is 71.3 Å². The Morgan fingerprint density at radius 1 is 1.07 bits per heavy atom. The van der Waals surface area contributed by atoms with Crippen molar-refractivity contribution in [1.82, 2.24) is 10.6 Å². The van der Waals surface area contributed by atoms with Crippen molar-refractivity contribution >= 4 is 17.8 Å². The summed E-state index contributed by atoms with van der Waals surface area (Å²) in [4.78, 5) is 35.8. The van der Waals surface area contributed by atoms with Crippen molar-refractivity contribution in [2.75, 3.05) is 6.61 Å². The molecule has 2 aliphatic heterocycles. The number of rotatable bonds is 12. The second-order valence-electron chi connectivity index (χ2n) is 12.2. The predicted octanol–water partition coefficient (Wildman–Crippen LogP) is 2.87. The Bertz CT molecular complexity index is 1010. The molecule has 236 valence electrons. The predicted molar refractivity (Wildman–Crippen MR) is 158 cm³/mol. The highest BCUT2D eigenvalue weighted by Gasteiger charge is 2.37. The average Bonchev–Trinajstić information content (AvgIpc) is 2.90. The van der Waals surface area contributed by atoms with Gasteiger partial charge in [-0.1, -0.05) is 30.7 Å². The molecule has 3 fully saturated rings. The van der Waals surface area contributed by atoms with Crippen LogP contribution in [-0.2, 0) is 28.6 Å². The topological polar surface area (TPSA) is 143 Å². The molecule has 2 amide bonds. The maximum Gasteiger partial charge on any atom is 0.303 e. The lowest BCUT2D eigenvalue weighted by molar-refractivity contribution is -0.146. The van der Waals surface area contributed by atoms with Gasteiger partial charge in [0.05, 0.1) is 36.9 Å². The molecule has 4 N–H and O–H groups in total. The normalized spacial score (nSPS) is 33.3. The Balaban J connectivity index is 1.49. The van der Waals surface area contributed by atoms with Crippen LogP contribution in [0, 0.1) is 11.8 Å². The van der Waals surface area contributed by atoms with Gasteiger partial charge in [0.15, 0.2) is 0 Å². The first-order valence-corrected chi connectivity index (χ1v) is 15.3. The number of carbonyl (C=O) groups is 3. The lowest BCUT2D eigenvalue weighted by Gasteiger charge is -2.39. The van der Waals surface area contributed by atoms with Gasteiger partial charge in [-0.15, -0.1) is 0 Å². The molecule has 0 radical (unpaired) electrons. The lowest BCUT2D eigenvalue weighted by atomic mass is 9.87. The van der Waals surface area contributed by atoms with Crippen LogP contribution in [0.2, 0.25) is 0 Å². The third-order valence-corrected chi connectivity index (χ3v) is 8.49. The Kier molecular flexibility index (Phi) is 13.2. The van der Waals surface area contributed by atoms with Crippen LogP contribution in [0.1, 0.15) is 79.6 Å². The summed E-state index contributed by atoms with van der Waals surface area (Å²) in [5, 5.41) is 26.6. The molecule has 0 spiro atoms. The summed E-state index contributed by atoms with van der Waals surface area (Å²) in [5.74, 6) is -0.828. The first kappa shape index (κ1) is 34.0. The Labute approximate surface area is 249 Å². The van der Waals surface area contributed by atoms with Crippen LogP contribution in [0.3, 0.4) is 0 Å². The first-order chi connectivity index (χ1) is 19.9. The van der Waals surface area contributed by atoms with Gasteiger partial charge in [0.2, 0.25) is 11.8 Å². The van der Waals surface area contributed by atoms with Crippen molar-refractivity contribution in [3.63, 3.8) is 0 Å². The van der Waals surface area contributed by atoms with E-state index in [1.54, 1.807) is 13.0 Å². The molecule has 10 nitrogen and oxygen atoms in total. The molecule has 2 heterocycles. The Morgan fingerprint density at radius 3 is 2.45 bits per heavy atom. The van der Waals surface area contributed by atoms with Gasteiger partial charge in [-0.3, -0.25) is 14.4 Å². The van der Waals surface area contributed by atoms with Crippen LogP contribution in [0.15, 0.2) is 36.0 Å². The molecule has 2 saturated heterocycles. The van der Waals surface area contributed by atoms with E-state index in [1.165, 1.54) is 13.0 Å². The summed E-state index contributed by atoms with van der Waals surface area (Å²) in [6, 6.07) is 0.133. The van der Waals surface area contributed by atoms with E-state index in [0.717, 1.165) is 31.3 Å². The van der Waals surface area contributed by atoms with E-state index in [-0.39, 0.29) is 67.1 Å². The molecule has 1 aliphatic carbocycles. The monoisotopic (exact) mass is 590 g/mol. The van der Waals surface area contributed by atoms with E-state index in [9.17, 15) is 24.6 Å². The summed E-state index contributed by atoms with van der Waals surface area (Å²) in [7, 11) is 0. The minimum Gasteiger partial charge on any atom is -0.459 e. The fourth-order valence-corrected chi connectivity index (χ4v) is 5.71. The van der Waals surface area contributed by atoms with Crippen molar-refractivity contribution in [2.24, 2.45) is 11.8 Å². The molecule has 1 unspecified atom stereocenters. The highest BCUT2D eigenvalue weighted by Crippen LogP contribution is 2.30. The highest BCUT2D eigenvalue weighted by atomic mass is 16.5. The Morgan fingerprint density at radius 2 is 1.81 bits per heavy atom. The fourth-order valence-electron chi connectivity index (χ4n) is 5.71. The number of allylic oxidation sites excluding steroid dienone is 2. The van der Waals surface area contributed by atoms with Crippen LogP contribution in [0.25, 0.3) is 0 Å². The van der Waals surface area contributed by atoms with Crippen molar-refractivity contribution in [3.05, 3.63) is 36.0 Å². The average molecular weight is 591 g/mol. The number of carbonyl (C=O) groups excluding carboxylic acids is 3. The molecule has 3 aliphatic rings. The van der Waals surface area contributed by atoms with Crippen molar-refractivity contribution in [3.8, 4) is 0 Å². The van der Waals surface area contributed by atoms with E-state index in [1.807, 2.05) is 26.0 Å². The van der Waals surface area contributed by atoms with Gasteiger partial charge in [0, 0.05) is 31.6 Å². The second kappa shape index (κ2) is 16.4. The van der Waals surface area contributed by atoms with Crippen LogP contribution >= 0.6 is 0 Å². The number of esters is 1. The lowest BCUT2D eigenvalue weighted by Crippen LogP contribution is -2.50. The van der Waals surface area contributed by atoms with Crippen molar-refractivity contribution < 1.29 is 38.8 Å². The first-order valence-electron chi connectivity index (χ1n) is 15.3. The third kappa shape index (κ3) is 10.6. The number of hydrogen-bond donors (Lipinski definition) is 4. The third-order valence-electron chi connectivity index (χ3n) is 8.49. The summed E-state index contributed by atoms with van der Waals surface area (Å²) in [5.41, 5.74) is 0.988. The van der Waals surface area contributed by atoms with Crippen LogP contribution in [0.5, 0.6) is 0 Å². The SMILES string of the molecule is CC(=O)O[C@@H](C)/C=C\C(=O)N[C@@H]1C[C@H](C)[C@H](C/C=C(C)/C=C/C2O[C@H](CC(=O)NC3CCC3)C[C@@H](CO)[C@@H]2O)O[C@@H]1C. The molecule has 1 saturated carbocycles. The van der Waals surface area contributed by atoms with Gasteiger partial charge in [-0.25, -0.2) is 0 Å². The largest absolute Gasteiger partial charge is 0.459 e. The summed E-state index contributed by atoms with van der Waals surface area (Å²) < 4.78 is 17.3. The van der Waals surface area contributed by atoms with Gasteiger partial charge >= 0.3 is 5.97 Å². The summed E-state index contributed by atoms with van der Waals surface area (Å²) >= 11 is 0. The van der Waals surface area contributed by atoms with Gasteiger partial charge in [0.25, 0.3) is 0 Å². The molecule has 0 aromatic carbocycles. The fraction of sp³-hybridized carbons (Fsp3) is 0.719. The van der Waals surface area contributed by atoms with Crippen LogP contribution in [-0.4, -0.2) is 83.3 Å². The molecule has 42 heavy (non-hydrogen) atoms. The van der Waals surface area contributed by atoms with Gasteiger partial charge in [0.1, 0.15) is 12.2 Å². The van der Waals surface area contributed by atoms with E-state index in [2.05, 4.69) is 23.6 Å². The minimum atomic E-state index is -0.848. The number of aliphatic hydroxyl groups is 2. The number of nitrogens with one attached hydrogen (secondary N) is 2. The molecule has 10 heteroatoms. The number of amides is 2.